The molecule has 1 aromatic heterocycles. The molecule has 4 heterocycles. The van der Waals surface area contributed by atoms with E-state index in [0.29, 0.717) is 17.1 Å². The molecule has 0 saturated heterocycles. The van der Waals surface area contributed by atoms with E-state index < -0.39 is 5.97 Å². The van der Waals surface area contributed by atoms with Gasteiger partial charge in [-0.1, -0.05) is 36.4 Å². The number of aromatic nitrogens is 1. The summed E-state index contributed by atoms with van der Waals surface area (Å²) in [4.78, 5) is 21.1. The Morgan fingerprint density at radius 3 is 2.55 bits per heavy atom. The number of rotatable bonds is 7. The van der Waals surface area contributed by atoms with E-state index in [-0.39, 0.29) is 11.4 Å². The minimum atomic E-state index is -1.02. The molecule has 0 fully saturated rings. The fraction of sp³-hybridized carbons (Fsp3) is 0.243. The number of carboxylic acids is 1. The first-order valence-electron chi connectivity index (χ1n) is 14.9. The van der Waals surface area contributed by atoms with Gasteiger partial charge in [-0.3, -0.25) is 0 Å². The molecule has 6 rings (SSSR count). The van der Waals surface area contributed by atoms with Gasteiger partial charge in [-0.2, -0.15) is 0 Å². The first-order chi connectivity index (χ1) is 21.4. The molecule has 2 aromatic carbocycles. The second-order valence-corrected chi connectivity index (χ2v) is 11.3. The van der Waals surface area contributed by atoms with Crippen molar-refractivity contribution >= 4 is 17.7 Å². The van der Waals surface area contributed by atoms with E-state index in [4.69, 9.17) is 16.4 Å². The second kappa shape index (κ2) is 12.5. The van der Waals surface area contributed by atoms with Gasteiger partial charge >= 0.3 is 5.97 Å². The van der Waals surface area contributed by atoms with Crippen LogP contribution in [0.25, 0.3) is 22.0 Å². The zero-order valence-electron chi connectivity index (χ0n) is 24.6. The molecule has 44 heavy (non-hydrogen) atoms. The third-order valence-corrected chi connectivity index (χ3v) is 8.40. The van der Waals surface area contributed by atoms with Gasteiger partial charge in [0.2, 0.25) is 0 Å². The molecular formula is C37H32N4O3. The zero-order chi connectivity index (χ0) is 30.6. The lowest BCUT2D eigenvalue weighted by Crippen LogP contribution is -2.34. The maximum atomic E-state index is 11.1. The predicted molar refractivity (Wildman–Crippen MR) is 171 cm³/mol. The first kappa shape index (κ1) is 28.7. The largest absolute Gasteiger partial charge is 0.477 e. The lowest BCUT2D eigenvalue weighted by Gasteiger charge is -2.38. The molecule has 0 radical (unpaired) electrons. The maximum Gasteiger partial charge on any atom is 0.354 e. The number of hydrogen-bond acceptors (Lipinski definition) is 5. The summed E-state index contributed by atoms with van der Waals surface area (Å²) in [5, 5.41) is 18.5. The molecule has 0 spiro atoms. The smallest absolute Gasteiger partial charge is 0.354 e. The molecule has 7 heteroatoms. The molecule has 3 aromatic rings. The average molecular weight is 581 g/mol. The van der Waals surface area contributed by atoms with Crippen LogP contribution < -0.4 is 4.90 Å². The molecular weight excluding hydrogens is 548 g/mol. The fourth-order valence-corrected chi connectivity index (χ4v) is 6.39. The van der Waals surface area contributed by atoms with Crippen LogP contribution in [0.5, 0.6) is 0 Å². The average Bonchev–Trinajstić information content (AvgIpc) is 3.04. The topological polar surface area (TPSA) is 90.8 Å². The van der Waals surface area contributed by atoms with Crippen molar-refractivity contribution in [1.29, 1.82) is 5.26 Å². The van der Waals surface area contributed by atoms with Crippen LogP contribution in [0, 0.1) is 17.9 Å². The summed E-state index contributed by atoms with van der Waals surface area (Å²) in [6, 6.07) is 16.5. The summed E-state index contributed by atoms with van der Waals surface area (Å²) in [7, 11) is 0. The third-order valence-electron chi connectivity index (χ3n) is 8.40. The highest BCUT2D eigenvalue weighted by Gasteiger charge is 2.28. The standard InChI is InChI=1S/C37H32N4O3/c1-24-19-30(34(22-38)39-2)21-31(44-24)15-14-28-20-29-5-3-17-41-18-4-6-32(36(29)41)35(28)27-12-9-25(10-13-27)7-8-26-11-16-33(37(42)43)40-23-26/h9-16,19-21,23H,3-8,17-18H2,1H3,(H,42,43)/b15-14+,34-30-. The number of nitriles is 1. The van der Waals surface area contributed by atoms with Crippen LogP contribution in [-0.4, -0.2) is 29.1 Å². The van der Waals surface area contributed by atoms with Gasteiger partial charge in [-0.25, -0.2) is 19.9 Å². The number of aromatic carboxylic acids is 1. The highest BCUT2D eigenvalue weighted by atomic mass is 16.5. The van der Waals surface area contributed by atoms with Crippen molar-refractivity contribution in [1.82, 2.24) is 4.98 Å². The Morgan fingerprint density at radius 1 is 1.09 bits per heavy atom. The van der Waals surface area contributed by atoms with Gasteiger partial charge in [-0.15, -0.1) is 0 Å². The molecule has 7 nitrogen and oxygen atoms in total. The molecule has 1 N–H and O–H groups in total. The van der Waals surface area contributed by atoms with Crippen LogP contribution in [0.15, 0.2) is 89.7 Å². The lowest BCUT2D eigenvalue weighted by atomic mass is 9.83. The van der Waals surface area contributed by atoms with Crippen LogP contribution in [-0.2, 0) is 30.4 Å². The maximum absolute atomic E-state index is 11.1. The monoisotopic (exact) mass is 580 g/mol. The minimum absolute atomic E-state index is 0.0474. The van der Waals surface area contributed by atoms with E-state index in [1.807, 2.05) is 25.1 Å². The second-order valence-electron chi connectivity index (χ2n) is 11.3. The molecule has 3 aliphatic heterocycles. The summed E-state index contributed by atoms with van der Waals surface area (Å²) >= 11 is 0. The highest BCUT2D eigenvalue weighted by molar-refractivity contribution is 5.86. The fourth-order valence-electron chi connectivity index (χ4n) is 6.39. The van der Waals surface area contributed by atoms with Crippen molar-refractivity contribution in [2.45, 2.75) is 45.4 Å². The van der Waals surface area contributed by atoms with Crippen LogP contribution in [0.2, 0.25) is 0 Å². The van der Waals surface area contributed by atoms with Gasteiger partial charge in [0.05, 0.1) is 12.6 Å². The van der Waals surface area contributed by atoms with E-state index in [1.54, 1.807) is 24.4 Å². The number of anilines is 1. The first-order valence-corrected chi connectivity index (χ1v) is 14.9. The number of allylic oxidation sites excluding steroid dienone is 6. The number of pyridine rings is 1. The van der Waals surface area contributed by atoms with Gasteiger partial charge < -0.3 is 14.7 Å². The van der Waals surface area contributed by atoms with Gasteiger partial charge in [-0.05, 0) is 120 Å². The number of carboxylic acid groups (broad SMARTS) is 1. The zero-order valence-corrected chi connectivity index (χ0v) is 24.6. The van der Waals surface area contributed by atoms with E-state index in [0.717, 1.165) is 62.7 Å². The third kappa shape index (κ3) is 5.91. The number of hydrogen-bond donors (Lipinski definition) is 1. The molecule has 218 valence electrons. The Labute approximate surface area is 257 Å². The summed E-state index contributed by atoms with van der Waals surface area (Å²) < 4.78 is 5.96. The Balaban J connectivity index is 1.34. The van der Waals surface area contributed by atoms with Gasteiger partial charge in [0.15, 0.2) is 0 Å². The van der Waals surface area contributed by atoms with Crippen molar-refractivity contribution in [3.8, 4) is 17.2 Å². The van der Waals surface area contributed by atoms with Crippen LogP contribution >= 0.6 is 0 Å². The van der Waals surface area contributed by atoms with E-state index in [9.17, 15) is 10.1 Å². The van der Waals surface area contributed by atoms with Crippen LogP contribution in [0.3, 0.4) is 0 Å². The number of carbonyl (C=O) groups is 1. The quantitative estimate of drug-likeness (QED) is 0.230. The van der Waals surface area contributed by atoms with Crippen molar-refractivity contribution in [2.24, 2.45) is 0 Å². The summed E-state index contributed by atoms with van der Waals surface area (Å²) in [6.07, 6.45) is 15.1. The van der Waals surface area contributed by atoms with E-state index >= 15 is 0 Å². The summed E-state index contributed by atoms with van der Waals surface area (Å²) in [5.41, 5.74) is 10.6. The van der Waals surface area contributed by atoms with Gasteiger partial charge in [0.25, 0.3) is 5.70 Å². The van der Waals surface area contributed by atoms with E-state index in [1.165, 1.54) is 33.5 Å². The predicted octanol–water partition coefficient (Wildman–Crippen LogP) is 7.46. The molecule has 0 unspecified atom stereocenters. The summed E-state index contributed by atoms with van der Waals surface area (Å²) in [6.45, 7) is 11.4. The molecule has 0 aliphatic carbocycles. The van der Waals surface area contributed by atoms with Crippen molar-refractivity contribution in [3.05, 3.63) is 135 Å². The lowest BCUT2D eigenvalue weighted by molar-refractivity contribution is 0.0690. The molecule has 0 amide bonds. The van der Waals surface area contributed by atoms with Crippen molar-refractivity contribution in [2.75, 3.05) is 18.0 Å². The Bertz CT molecular complexity index is 1810. The Morgan fingerprint density at radius 2 is 1.84 bits per heavy atom. The van der Waals surface area contributed by atoms with Gasteiger partial charge in [0.1, 0.15) is 17.2 Å². The number of nitrogens with zero attached hydrogens (tertiary/aromatic N) is 4. The van der Waals surface area contributed by atoms with Crippen LogP contribution in [0.4, 0.5) is 5.69 Å². The number of aryl methyl sites for hydroxylation is 3. The Kier molecular flexibility index (Phi) is 8.12. The van der Waals surface area contributed by atoms with Crippen molar-refractivity contribution < 1.29 is 14.6 Å². The number of ether oxygens (including phenoxy) is 1. The van der Waals surface area contributed by atoms with Gasteiger partial charge in [0, 0.05) is 25.0 Å². The van der Waals surface area contributed by atoms with E-state index in [2.05, 4.69) is 51.1 Å². The molecule has 0 saturated carbocycles. The highest BCUT2D eigenvalue weighted by Crippen LogP contribution is 2.43. The SMILES string of the molecule is [C-]#[N+]/C(C#N)=C1/C=C(C)OC(/C=C/c2cc3c4c(c2-c2ccc(CCc5ccc(C(=O)O)nc5)cc2)CCCN4CCC3)=C1. The number of benzene rings is 2. The van der Waals surface area contributed by atoms with Crippen molar-refractivity contribution in [3.63, 3.8) is 0 Å². The molecule has 0 atom stereocenters. The minimum Gasteiger partial charge on any atom is -0.477 e. The van der Waals surface area contributed by atoms with Crippen LogP contribution in [0.1, 0.15) is 58.1 Å². The Hall–Kier alpha value is -5.40. The normalized spacial score (nSPS) is 16.7. The molecule has 3 aliphatic rings. The molecule has 0 bridgehead atoms. The summed E-state index contributed by atoms with van der Waals surface area (Å²) in [5.74, 6) is 0.214.